The van der Waals surface area contributed by atoms with Gasteiger partial charge in [0.2, 0.25) is 0 Å². The minimum atomic E-state index is -0.580. The summed E-state index contributed by atoms with van der Waals surface area (Å²) in [4.78, 5) is 12.1. The molecular formula is C14H15BrFN3O. The van der Waals surface area contributed by atoms with Gasteiger partial charge in [-0.05, 0) is 28.1 Å². The van der Waals surface area contributed by atoms with Crippen LogP contribution < -0.4 is 5.32 Å². The topological polar surface area (TPSA) is 57.8 Å². The van der Waals surface area contributed by atoms with Gasteiger partial charge in [0.1, 0.15) is 5.82 Å². The van der Waals surface area contributed by atoms with Crippen LogP contribution in [0.5, 0.6) is 0 Å². The largest absolute Gasteiger partial charge is 0.305 e. The Morgan fingerprint density at radius 2 is 2.10 bits per heavy atom. The third-order valence-electron chi connectivity index (χ3n) is 2.82. The zero-order valence-electron chi connectivity index (χ0n) is 11.4. The quantitative estimate of drug-likeness (QED) is 0.872. The van der Waals surface area contributed by atoms with Crippen LogP contribution in [0.4, 0.5) is 10.2 Å². The number of hydrogen-bond donors (Lipinski definition) is 2. The zero-order valence-corrected chi connectivity index (χ0v) is 13.0. The van der Waals surface area contributed by atoms with Gasteiger partial charge in [-0.1, -0.05) is 26.8 Å². The zero-order chi connectivity index (χ0) is 14.9. The van der Waals surface area contributed by atoms with Crippen molar-refractivity contribution in [1.29, 1.82) is 0 Å². The Balaban J connectivity index is 2.22. The molecule has 4 nitrogen and oxygen atoms in total. The van der Waals surface area contributed by atoms with E-state index in [4.69, 9.17) is 0 Å². The third-order valence-corrected chi connectivity index (χ3v) is 3.48. The number of hydrogen-bond acceptors (Lipinski definition) is 2. The van der Waals surface area contributed by atoms with E-state index in [-0.39, 0.29) is 11.0 Å². The molecule has 0 saturated carbocycles. The molecule has 0 aliphatic heterocycles. The summed E-state index contributed by atoms with van der Waals surface area (Å²) in [6, 6.07) is 6.13. The van der Waals surface area contributed by atoms with Crippen LogP contribution in [-0.2, 0) is 5.41 Å². The predicted octanol–water partition coefficient (Wildman–Crippen LogP) is 3.86. The lowest BCUT2D eigenvalue weighted by Crippen LogP contribution is -2.15. The highest BCUT2D eigenvalue weighted by atomic mass is 79.9. The maximum atomic E-state index is 13.7. The first-order chi connectivity index (χ1) is 9.29. The van der Waals surface area contributed by atoms with E-state index in [0.29, 0.717) is 10.3 Å². The molecule has 0 aliphatic rings. The molecule has 0 bridgehead atoms. The SMILES string of the molecule is CC(C)(C)c1cc(NC(=O)c2c(F)cccc2Br)n[nH]1. The van der Waals surface area contributed by atoms with Crippen molar-refractivity contribution in [2.75, 3.05) is 5.32 Å². The smallest absolute Gasteiger partial charge is 0.260 e. The van der Waals surface area contributed by atoms with E-state index in [1.807, 2.05) is 20.8 Å². The summed E-state index contributed by atoms with van der Waals surface area (Å²) in [6.07, 6.45) is 0. The van der Waals surface area contributed by atoms with Crippen LogP contribution in [0.1, 0.15) is 36.8 Å². The molecular weight excluding hydrogens is 325 g/mol. The van der Waals surface area contributed by atoms with Crippen molar-refractivity contribution in [2.45, 2.75) is 26.2 Å². The second-order valence-corrected chi connectivity index (χ2v) is 6.32. The average molecular weight is 340 g/mol. The van der Waals surface area contributed by atoms with Gasteiger partial charge in [0.25, 0.3) is 5.91 Å². The number of aromatic nitrogens is 2. The molecule has 6 heteroatoms. The van der Waals surface area contributed by atoms with Gasteiger partial charge in [-0.2, -0.15) is 5.10 Å². The van der Waals surface area contributed by atoms with Crippen LogP contribution in [0, 0.1) is 5.82 Å². The van der Waals surface area contributed by atoms with Gasteiger partial charge in [-0.3, -0.25) is 9.89 Å². The number of carbonyl (C=O) groups excluding carboxylic acids is 1. The molecule has 0 fully saturated rings. The van der Waals surface area contributed by atoms with Gasteiger partial charge in [0.05, 0.1) is 5.56 Å². The predicted molar refractivity (Wildman–Crippen MR) is 79.3 cm³/mol. The number of amides is 1. The molecule has 0 saturated heterocycles. The Bertz CT molecular complexity index is 626. The second kappa shape index (κ2) is 5.36. The normalized spacial score (nSPS) is 11.4. The highest BCUT2D eigenvalue weighted by Gasteiger charge is 2.19. The van der Waals surface area contributed by atoms with E-state index in [2.05, 4.69) is 31.4 Å². The summed E-state index contributed by atoms with van der Waals surface area (Å²) < 4.78 is 14.1. The number of aromatic amines is 1. The lowest BCUT2D eigenvalue weighted by molar-refractivity contribution is 0.102. The summed E-state index contributed by atoms with van der Waals surface area (Å²) in [5.74, 6) is -0.750. The molecule has 20 heavy (non-hydrogen) atoms. The summed E-state index contributed by atoms with van der Waals surface area (Å²) in [5, 5.41) is 9.46. The summed E-state index contributed by atoms with van der Waals surface area (Å²) in [6.45, 7) is 6.08. The van der Waals surface area contributed by atoms with Crippen molar-refractivity contribution in [3.8, 4) is 0 Å². The molecule has 2 rings (SSSR count). The Labute approximate surface area is 124 Å². The van der Waals surface area contributed by atoms with Crippen molar-refractivity contribution in [3.05, 3.63) is 45.8 Å². The van der Waals surface area contributed by atoms with E-state index >= 15 is 0 Å². The molecule has 0 spiro atoms. The van der Waals surface area contributed by atoms with Crippen molar-refractivity contribution < 1.29 is 9.18 Å². The molecule has 0 atom stereocenters. The molecule has 1 amide bonds. The van der Waals surface area contributed by atoms with Gasteiger partial charge >= 0.3 is 0 Å². The Morgan fingerprint density at radius 3 is 2.65 bits per heavy atom. The lowest BCUT2D eigenvalue weighted by Gasteiger charge is -2.14. The minimum Gasteiger partial charge on any atom is -0.305 e. The van der Waals surface area contributed by atoms with Crippen molar-refractivity contribution in [2.24, 2.45) is 0 Å². The number of halogens is 2. The molecule has 1 aromatic heterocycles. The van der Waals surface area contributed by atoms with E-state index in [0.717, 1.165) is 5.69 Å². The van der Waals surface area contributed by atoms with E-state index in [1.54, 1.807) is 12.1 Å². The molecule has 1 aromatic carbocycles. The molecule has 2 N–H and O–H groups in total. The number of rotatable bonds is 2. The first-order valence-corrected chi connectivity index (χ1v) is 6.89. The number of H-pyrrole nitrogens is 1. The summed E-state index contributed by atoms with van der Waals surface area (Å²) in [7, 11) is 0. The van der Waals surface area contributed by atoms with Gasteiger partial charge in [0.15, 0.2) is 5.82 Å². The lowest BCUT2D eigenvalue weighted by atomic mass is 9.92. The van der Waals surface area contributed by atoms with Crippen molar-refractivity contribution in [1.82, 2.24) is 10.2 Å². The van der Waals surface area contributed by atoms with Gasteiger partial charge in [-0.15, -0.1) is 0 Å². The fourth-order valence-electron chi connectivity index (χ4n) is 1.66. The molecule has 0 aliphatic carbocycles. The molecule has 106 valence electrons. The second-order valence-electron chi connectivity index (χ2n) is 5.47. The number of anilines is 1. The fourth-order valence-corrected chi connectivity index (χ4v) is 2.19. The Morgan fingerprint density at radius 1 is 1.40 bits per heavy atom. The van der Waals surface area contributed by atoms with Crippen LogP contribution in [0.15, 0.2) is 28.7 Å². The summed E-state index contributed by atoms with van der Waals surface area (Å²) >= 11 is 3.17. The van der Waals surface area contributed by atoms with Gasteiger partial charge in [0, 0.05) is 21.6 Å². The molecule has 1 heterocycles. The van der Waals surface area contributed by atoms with Crippen LogP contribution >= 0.6 is 15.9 Å². The maximum Gasteiger partial charge on any atom is 0.260 e. The van der Waals surface area contributed by atoms with Gasteiger partial charge in [-0.25, -0.2) is 4.39 Å². The highest BCUT2D eigenvalue weighted by Crippen LogP contribution is 2.24. The summed E-state index contributed by atoms with van der Waals surface area (Å²) in [5.41, 5.74) is 0.752. The maximum absolute atomic E-state index is 13.7. The molecule has 0 unspecified atom stereocenters. The average Bonchev–Trinajstić information content (AvgIpc) is 2.76. The van der Waals surface area contributed by atoms with E-state index < -0.39 is 11.7 Å². The Kier molecular flexibility index (Phi) is 3.94. The third kappa shape index (κ3) is 3.07. The fraction of sp³-hybridized carbons (Fsp3) is 0.286. The first kappa shape index (κ1) is 14.7. The monoisotopic (exact) mass is 339 g/mol. The van der Waals surface area contributed by atoms with Crippen LogP contribution in [0.3, 0.4) is 0 Å². The number of carbonyl (C=O) groups is 1. The number of benzene rings is 1. The van der Waals surface area contributed by atoms with Crippen molar-refractivity contribution >= 4 is 27.7 Å². The van der Waals surface area contributed by atoms with Gasteiger partial charge < -0.3 is 5.32 Å². The molecule has 2 aromatic rings. The van der Waals surface area contributed by atoms with Crippen LogP contribution in [0.25, 0.3) is 0 Å². The highest BCUT2D eigenvalue weighted by molar-refractivity contribution is 9.10. The minimum absolute atomic E-state index is 0.0344. The van der Waals surface area contributed by atoms with Crippen LogP contribution in [-0.4, -0.2) is 16.1 Å². The molecule has 0 radical (unpaired) electrons. The van der Waals surface area contributed by atoms with E-state index in [9.17, 15) is 9.18 Å². The first-order valence-electron chi connectivity index (χ1n) is 6.10. The number of nitrogens with zero attached hydrogens (tertiary/aromatic N) is 1. The standard InChI is InChI=1S/C14H15BrFN3O/c1-14(2,3)10-7-11(19-18-10)17-13(20)12-8(15)5-4-6-9(12)16/h4-7H,1-3H3,(H2,17,18,19,20). The van der Waals surface area contributed by atoms with Crippen molar-refractivity contribution in [3.63, 3.8) is 0 Å². The van der Waals surface area contributed by atoms with Crippen LogP contribution in [0.2, 0.25) is 0 Å². The number of nitrogens with one attached hydrogen (secondary N) is 2. The van der Waals surface area contributed by atoms with E-state index in [1.165, 1.54) is 12.1 Å². The Hall–Kier alpha value is -1.69.